The first-order chi connectivity index (χ1) is 11.8. The van der Waals surface area contributed by atoms with E-state index >= 15 is 0 Å². The van der Waals surface area contributed by atoms with E-state index in [1.165, 1.54) is 38.3 Å². The minimum absolute atomic E-state index is 0.00140. The zero-order valence-electron chi connectivity index (χ0n) is 13.5. The van der Waals surface area contributed by atoms with Gasteiger partial charge in [-0.25, -0.2) is 4.39 Å². The van der Waals surface area contributed by atoms with E-state index in [4.69, 9.17) is 4.74 Å². The van der Waals surface area contributed by atoms with Crippen LogP contribution in [0.5, 0.6) is 5.75 Å². The van der Waals surface area contributed by atoms with Crippen LogP contribution in [-0.2, 0) is 17.3 Å². The number of pyridine rings is 1. The molecule has 0 bridgehead atoms. The molecular formula is C17H15F3N2O3. The Morgan fingerprint density at radius 3 is 2.76 bits per heavy atom. The maximum absolute atomic E-state index is 14.5. The van der Waals surface area contributed by atoms with Crippen LogP contribution in [-0.4, -0.2) is 23.1 Å². The molecule has 1 aliphatic heterocycles. The van der Waals surface area contributed by atoms with E-state index in [1.54, 1.807) is 0 Å². The second-order valence-electron chi connectivity index (χ2n) is 5.69. The molecule has 0 unspecified atom stereocenters. The third-order valence-electron chi connectivity index (χ3n) is 4.06. The summed E-state index contributed by atoms with van der Waals surface area (Å²) in [6.45, 7) is 1.08. The number of halogens is 3. The monoisotopic (exact) mass is 352 g/mol. The summed E-state index contributed by atoms with van der Waals surface area (Å²) >= 11 is 0. The van der Waals surface area contributed by atoms with Gasteiger partial charge in [-0.15, -0.1) is 0 Å². The quantitative estimate of drug-likeness (QED) is 0.919. The second kappa shape index (κ2) is 6.03. The van der Waals surface area contributed by atoms with E-state index in [9.17, 15) is 23.1 Å². The van der Waals surface area contributed by atoms with Crippen molar-refractivity contribution < 1.29 is 27.8 Å². The summed E-state index contributed by atoms with van der Waals surface area (Å²) in [7, 11) is 1.27. The van der Waals surface area contributed by atoms with Gasteiger partial charge in [-0.05, 0) is 18.6 Å². The number of carbonyl (C=O) groups excluding carboxylic acids is 1. The molecule has 1 aromatic heterocycles. The summed E-state index contributed by atoms with van der Waals surface area (Å²) in [4.78, 5) is 16.9. The van der Waals surface area contributed by atoms with Crippen molar-refractivity contribution in [2.24, 2.45) is 0 Å². The molecular weight excluding hydrogens is 337 g/mol. The third kappa shape index (κ3) is 2.72. The molecule has 5 nitrogen and oxygen atoms in total. The van der Waals surface area contributed by atoms with Crippen LogP contribution >= 0.6 is 0 Å². The van der Waals surface area contributed by atoms with Gasteiger partial charge in [-0.3, -0.25) is 9.78 Å². The fourth-order valence-corrected chi connectivity index (χ4v) is 2.88. The third-order valence-corrected chi connectivity index (χ3v) is 4.06. The van der Waals surface area contributed by atoms with Crippen LogP contribution in [0.15, 0.2) is 30.5 Å². The van der Waals surface area contributed by atoms with Crippen molar-refractivity contribution in [2.45, 2.75) is 25.5 Å². The SMILES string of the molecule is COc1cc(CN2C(=O)C(F)(F)c3c([C@H](C)O)cccc32)ncc1F. The minimum Gasteiger partial charge on any atom is -0.494 e. The Hall–Kier alpha value is -2.61. The molecule has 1 amide bonds. The van der Waals surface area contributed by atoms with Crippen LogP contribution in [0.2, 0.25) is 0 Å². The summed E-state index contributed by atoms with van der Waals surface area (Å²) < 4.78 is 47.3. The number of fused-ring (bicyclic) bond motifs is 1. The second-order valence-corrected chi connectivity index (χ2v) is 5.69. The standard InChI is InChI=1S/C17H15F3N2O3/c1-9(23)11-4-3-5-13-15(11)17(19,20)16(24)22(13)8-10-6-14(25-2)12(18)7-21-10/h3-7,9,23H,8H2,1-2H3/t9-/m0/s1. The number of rotatable bonds is 4. The van der Waals surface area contributed by atoms with Crippen LogP contribution in [0.3, 0.4) is 0 Å². The molecule has 0 fully saturated rings. The highest BCUT2D eigenvalue weighted by Gasteiger charge is 2.54. The van der Waals surface area contributed by atoms with Crippen LogP contribution in [0.1, 0.15) is 29.8 Å². The van der Waals surface area contributed by atoms with E-state index < -0.39 is 29.3 Å². The summed E-state index contributed by atoms with van der Waals surface area (Å²) in [5.41, 5.74) is -0.330. The van der Waals surface area contributed by atoms with E-state index in [-0.39, 0.29) is 29.2 Å². The van der Waals surface area contributed by atoms with Gasteiger partial charge in [0.15, 0.2) is 11.6 Å². The Morgan fingerprint density at radius 2 is 2.12 bits per heavy atom. The van der Waals surface area contributed by atoms with Gasteiger partial charge in [0.05, 0.1) is 42.9 Å². The number of carbonyl (C=O) groups is 1. The zero-order valence-corrected chi connectivity index (χ0v) is 13.5. The Balaban J connectivity index is 2.05. The van der Waals surface area contributed by atoms with Crippen molar-refractivity contribution in [3.8, 4) is 5.75 Å². The lowest BCUT2D eigenvalue weighted by molar-refractivity contribution is -0.141. The van der Waals surface area contributed by atoms with E-state index in [1.807, 2.05) is 0 Å². The number of methoxy groups -OCH3 is 1. The summed E-state index contributed by atoms with van der Waals surface area (Å²) in [5, 5.41) is 9.75. The van der Waals surface area contributed by atoms with Gasteiger partial charge in [0.2, 0.25) is 0 Å². The molecule has 1 aliphatic rings. The maximum Gasteiger partial charge on any atom is 0.352 e. The van der Waals surface area contributed by atoms with E-state index in [0.29, 0.717) is 0 Å². The average molecular weight is 352 g/mol. The molecule has 3 rings (SSSR count). The topological polar surface area (TPSA) is 62.7 Å². The number of aliphatic hydroxyl groups excluding tert-OH is 1. The highest BCUT2D eigenvalue weighted by atomic mass is 19.3. The average Bonchev–Trinajstić information content (AvgIpc) is 2.77. The van der Waals surface area contributed by atoms with Crippen LogP contribution in [0, 0.1) is 5.82 Å². The van der Waals surface area contributed by atoms with Crippen molar-refractivity contribution >= 4 is 11.6 Å². The number of aliphatic hydroxyl groups is 1. The zero-order chi connectivity index (χ0) is 18.4. The molecule has 0 aliphatic carbocycles. The number of amides is 1. The molecule has 0 radical (unpaired) electrons. The molecule has 132 valence electrons. The number of hydrogen-bond donors (Lipinski definition) is 1. The van der Waals surface area contributed by atoms with Gasteiger partial charge < -0.3 is 14.7 Å². The fraction of sp³-hybridized carbons (Fsp3) is 0.294. The lowest BCUT2D eigenvalue weighted by atomic mass is 9.98. The lowest BCUT2D eigenvalue weighted by Crippen LogP contribution is -2.34. The number of alkyl halides is 2. The molecule has 1 N–H and O–H groups in total. The van der Waals surface area contributed by atoms with Gasteiger partial charge in [0.25, 0.3) is 0 Å². The van der Waals surface area contributed by atoms with E-state index in [0.717, 1.165) is 11.1 Å². The predicted molar refractivity (Wildman–Crippen MR) is 82.9 cm³/mol. The highest BCUT2D eigenvalue weighted by Crippen LogP contribution is 2.47. The van der Waals surface area contributed by atoms with Gasteiger partial charge >= 0.3 is 11.8 Å². The first-order valence-electron chi connectivity index (χ1n) is 7.47. The van der Waals surface area contributed by atoms with Crippen molar-refractivity contribution in [2.75, 3.05) is 12.0 Å². The summed E-state index contributed by atoms with van der Waals surface area (Å²) in [6.07, 6.45) is -0.252. The van der Waals surface area contributed by atoms with Gasteiger partial charge in [0, 0.05) is 6.07 Å². The minimum atomic E-state index is -3.76. The molecule has 2 heterocycles. The van der Waals surface area contributed by atoms with Crippen LogP contribution < -0.4 is 9.64 Å². The van der Waals surface area contributed by atoms with Crippen molar-refractivity contribution in [1.29, 1.82) is 0 Å². The van der Waals surface area contributed by atoms with Crippen molar-refractivity contribution in [3.63, 3.8) is 0 Å². The number of nitrogens with zero attached hydrogens (tertiary/aromatic N) is 2. The van der Waals surface area contributed by atoms with E-state index in [2.05, 4.69) is 4.98 Å². The Labute approximate surface area is 141 Å². The summed E-state index contributed by atoms with van der Waals surface area (Å²) in [6, 6.07) is 5.46. The van der Waals surface area contributed by atoms with Gasteiger partial charge in [-0.2, -0.15) is 8.78 Å². The maximum atomic E-state index is 14.5. The highest BCUT2D eigenvalue weighted by molar-refractivity contribution is 6.06. The Kier molecular flexibility index (Phi) is 4.16. The molecule has 0 saturated carbocycles. The van der Waals surface area contributed by atoms with Gasteiger partial charge in [-0.1, -0.05) is 12.1 Å². The molecule has 2 aromatic rings. The molecule has 0 saturated heterocycles. The number of aromatic nitrogens is 1. The number of hydrogen-bond acceptors (Lipinski definition) is 4. The first kappa shape index (κ1) is 17.2. The number of ether oxygens (including phenoxy) is 1. The summed E-state index contributed by atoms with van der Waals surface area (Å²) in [5.74, 6) is -5.96. The smallest absolute Gasteiger partial charge is 0.352 e. The normalized spacial score (nSPS) is 16.7. The van der Waals surface area contributed by atoms with Crippen molar-refractivity contribution in [1.82, 2.24) is 4.98 Å². The Bertz CT molecular complexity index is 840. The van der Waals surface area contributed by atoms with Gasteiger partial charge in [0.1, 0.15) is 0 Å². The van der Waals surface area contributed by atoms with Crippen molar-refractivity contribution in [3.05, 3.63) is 53.1 Å². The molecule has 25 heavy (non-hydrogen) atoms. The Morgan fingerprint density at radius 1 is 1.40 bits per heavy atom. The largest absolute Gasteiger partial charge is 0.494 e. The predicted octanol–water partition coefficient (Wildman–Crippen LogP) is 2.92. The lowest BCUT2D eigenvalue weighted by Gasteiger charge is -2.17. The van der Waals surface area contributed by atoms with Crippen LogP contribution in [0.25, 0.3) is 0 Å². The molecule has 8 heteroatoms. The fourth-order valence-electron chi connectivity index (χ4n) is 2.88. The number of anilines is 1. The molecule has 1 atom stereocenters. The first-order valence-corrected chi connectivity index (χ1v) is 7.47. The molecule has 0 spiro atoms. The number of benzene rings is 1. The molecule has 1 aromatic carbocycles. The van der Waals surface area contributed by atoms with Crippen LogP contribution in [0.4, 0.5) is 18.9 Å².